The van der Waals surface area contributed by atoms with Gasteiger partial charge in [0.05, 0.1) is 5.02 Å². The minimum Gasteiger partial charge on any atom is -0.330 e. The fourth-order valence-corrected chi connectivity index (χ4v) is 3.42. The molecule has 2 aromatic carbocycles. The molecule has 0 spiro atoms. The van der Waals surface area contributed by atoms with Gasteiger partial charge in [-0.05, 0) is 74.3 Å². The number of thiol groups is 1. The molecule has 1 aliphatic rings. The zero-order valence-electron chi connectivity index (χ0n) is 14.9. The summed E-state index contributed by atoms with van der Waals surface area (Å²) < 4.78 is 12.8. The van der Waals surface area contributed by atoms with Gasteiger partial charge in [-0.1, -0.05) is 23.7 Å². The van der Waals surface area contributed by atoms with Crippen LogP contribution in [-0.2, 0) is 0 Å². The highest BCUT2D eigenvalue weighted by Crippen LogP contribution is 2.28. The van der Waals surface area contributed by atoms with Crippen molar-refractivity contribution in [3.8, 4) is 11.1 Å². The quantitative estimate of drug-likeness (QED) is 0.684. The maximum atomic E-state index is 12.8. The highest BCUT2D eigenvalue weighted by molar-refractivity contribution is 7.80. The van der Waals surface area contributed by atoms with Crippen LogP contribution in [0.25, 0.3) is 11.1 Å². The van der Waals surface area contributed by atoms with E-state index < -0.39 is 0 Å². The zero-order valence-corrected chi connectivity index (χ0v) is 16.5. The van der Waals surface area contributed by atoms with Gasteiger partial charge in [-0.15, -0.1) is 12.6 Å². The first-order valence-electron chi connectivity index (χ1n) is 8.90. The van der Waals surface area contributed by atoms with Crippen LogP contribution in [0, 0.1) is 11.7 Å². The molecule has 0 radical (unpaired) electrons. The predicted octanol–water partition coefficient (Wildman–Crippen LogP) is 4.05. The van der Waals surface area contributed by atoms with Gasteiger partial charge in [0, 0.05) is 23.5 Å². The Morgan fingerprint density at radius 3 is 2.27 bits per heavy atom. The highest BCUT2D eigenvalue weighted by atomic mass is 35.5. The Bertz CT molecular complexity index is 673. The van der Waals surface area contributed by atoms with E-state index in [1.807, 2.05) is 24.3 Å². The maximum Gasteiger partial charge on any atom is 0.124 e. The van der Waals surface area contributed by atoms with Crippen LogP contribution < -0.4 is 11.5 Å². The van der Waals surface area contributed by atoms with Crippen molar-refractivity contribution in [1.29, 1.82) is 0 Å². The van der Waals surface area contributed by atoms with Crippen LogP contribution in [0.4, 0.5) is 4.39 Å². The number of hydrogen-bond acceptors (Lipinski definition) is 4. The van der Waals surface area contributed by atoms with Crippen molar-refractivity contribution in [2.45, 2.75) is 17.7 Å². The molecule has 0 amide bonds. The predicted molar refractivity (Wildman–Crippen MR) is 111 cm³/mol. The number of piperidine rings is 1. The maximum absolute atomic E-state index is 12.8. The Labute approximate surface area is 165 Å². The number of nitrogens with two attached hydrogens (primary N) is 2. The van der Waals surface area contributed by atoms with Crippen molar-refractivity contribution in [2.75, 3.05) is 32.7 Å². The molecule has 4 N–H and O–H groups in total. The topological polar surface area (TPSA) is 55.3 Å². The number of hydrogen-bond donors (Lipinski definition) is 3. The number of halogens is 2. The van der Waals surface area contributed by atoms with Gasteiger partial charge in [-0.3, -0.25) is 0 Å². The molecular formula is C20H27ClFN3S. The van der Waals surface area contributed by atoms with E-state index in [0.717, 1.165) is 41.6 Å². The summed E-state index contributed by atoms with van der Waals surface area (Å²) in [6.07, 6.45) is 2.52. The lowest BCUT2D eigenvalue weighted by Gasteiger charge is -2.30. The molecule has 6 heteroatoms. The molecule has 1 saturated heterocycles. The second-order valence-electron chi connectivity index (χ2n) is 6.48. The largest absolute Gasteiger partial charge is 0.330 e. The molecule has 3 nitrogen and oxygen atoms in total. The van der Waals surface area contributed by atoms with Gasteiger partial charge in [-0.2, -0.15) is 0 Å². The molecule has 1 fully saturated rings. The van der Waals surface area contributed by atoms with Gasteiger partial charge in [0.25, 0.3) is 0 Å². The van der Waals surface area contributed by atoms with Crippen molar-refractivity contribution < 1.29 is 4.39 Å². The standard InChI is InChI=1S/C12H8ClFS.C8H19N3/c13-12-7-9(14)3-6-11(12)8-1-4-10(15)5-2-8;9-3-6-11-4-1-8(7-10)2-5-11/h1-7,15H;8H,1-7,9-10H2. The molecule has 0 saturated carbocycles. The minimum absolute atomic E-state index is 0.324. The minimum atomic E-state index is -0.324. The Balaban J connectivity index is 0.000000197. The third kappa shape index (κ3) is 6.56. The van der Waals surface area contributed by atoms with Gasteiger partial charge >= 0.3 is 0 Å². The van der Waals surface area contributed by atoms with Crippen LogP contribution >= 0.6 is 24.2 Å². The Morgan fingerprint density at radius 1 is 1.08 bits per heavy atom. The van der Waals surface area contributed by atoms with Crippen molar-refractivity contribution >= 4 is 24.2 Å². The monoisotopic (exact) mass is 395 g/mol. The molecule has 0 bridgehead atoms. The van der Waals surface area contributed by atoms with E-state index >= 15 is 0 Å². The van der Waals surface area contributed by atoms with E-state index in [9.17, 15) is 4.39 Å². The third-order valence-corrected chi connectivity index (χ3v) is 5.21. The average molecular weight is 396 g/mol. The first kappa shape index (κ1) is 21.2. The first-order chi connectivity index (χ1) is 12.5. The number of nitrogens with zero attached hydrogens (tertiary/aromatic N) is 1. The molecule has 0 aromatic heterocycles. The van der Waals surface area contributed by atoms with E-state index in [4.69, 9.17) is 23.1 Å². The Hall–Kier alpha value is -1.11. The van der Waals surface area contributed by atoms with Crippen LogP contribution in [0.2, 0.25) is 5.02 Å². The van der Waals surface area contributed by atoms with Gasteiger partial charge in [-0.25, -0.2) is 4.39 Å². The number of likely N-dealkylation sites (tertiary alicyclic amines) is 1. The number of benzene rings is 2. The van der Waals surface area contributed by atoms with Crippen molar-refractivity contribution in [2.24, 2.45) is 17.4 Å². The Kier molecular flexibility index (Phi) is 8.88. The van der Waals surface area contributed by atoms with Crippen molar-refractivity contribution in [1.82, 2.24) is 4.90 Å². The molecular weight excluding hydrogens is 369 g/mol. The molecule has 26 heavy (non-hydrogen) atoms. The summed E-state index contributed by atoms with van der Waals surface area (Å²) in [5.41, 5.74) is 12.8. The van der Waals surface area contributed by atoms with E-state index in [0.29, 0.717) is 5.02 Å². The molecule has 1 heterocycles. The van der Waals surface area contributed by atoms with Gasteiger partial charge in [0.15, 0.2) is 0 Å². The van der Waals surface area contributed by atoms with Crippen molar-refractivity contribution in [3.63, 3.8) is 0 Å². The smallest absolute Gasteiger partial charge is 0.124 e. The first-order valence-corrected chi connectivity index (χ1v) is 9.73. The van der Waals surface area contributed by atoms with E-state index in [2.05, 4.69) is 17.5 Å². The second kappa shape index (κ2) is 10.9. The average Bonchev–Trinajstić information content (AvgIpc) is 2.64. The van der Waals surface area contributed by atoms with Crippen LogP contribution in [0.1, 0.15) is 12.8 Å². The summed E-state index contributed by atoms with van der Waals surface area (Å²) in [5, 5.41) is 0.418. The lowest BCUT2D eigenvalue weighted by molar-refractivity contribution is 0.192. The van der Waals surface area contributed by atoms with Crippen LogP contribution in [0.15, 0.2) is 47.4 Å². The Morgan fingerprint density at radius 2 is 1.73 bits per heavy atom. The fraction of sp³-hybridized carbons (Fsp3) is 0.400. The molecule has 0 unspecified atom stereocenters. The van der Waals surface area contributed by atoms with Gasteiger partial charge in [0.2, 0.25) is 0 Å². The lowest BCUT2D eigenvalue weighted by Crippen LogP contribution is -2.38. The SMILES string of the molecule is Fc1ccc(-c2ccc(S)cc2)c(Cl)c1.NCCN1CCC(CN)CC1. The second-order valence-corrected chi connectivity index (χ2v) is 7.40. The lowest BCUT2D eigenvalue weighted by atomic mass is 9.97. The summed E-state index contributed by atoms with van der Waals surface area (Å²) in [6.45, 7) is 5.08. The van der Waals surface area contributed by atoms with Crippen molar-refractivity contribution in [3.05, 3.63) is 53.3 Å². The normalized spacial score (nSPS) is 15.4. The van der Waals surface area contributed by atoms with E-state index in [1.54, 1.807) is 6.07 Å². The summed E-state index contributed by atoms with van der Waals surface area (Å²) in [7, 11) is 0. The van der Waals surface area contributed by atoms with Crippen LogP contribution in [0.3, 0.4) is 0 Å². The summed E-state index contributed by atoms with van der Waals surface area (Å²) in [5.74, 6) is 0.443. The van der Waals surface area contributed by atoms with E-state index in [1.165, 1.54) is 38.1 Å². The molecule has 3 rings (SSSR count). The summed E-state index contributed by atoms with van der Waals surface area (Å²) in [6, 6.07) is 11.9. The summed E-state index contributed by atoms with van der Waals surface area (Å²) >= 11 is 10.1. The number of rotatable bonds is 4. The fourth-order valence-electron chi connectivity index (χ4n) is 2.99. The van der Waals surface area contributed by atoms with Crippen LogP contribution in [0.5, 0.6) is 0 Å². The third-order valence-electron chi connectivity index (χ3n) is 4.60. The summed E-state index contributed by atoms with van der Waals surface area (Å²) in [4.78, 5) is 3.31. The van der Waals surface area contributed by atoms with Crippen LogP contribution in [-0.4, -0.2) is 37.6 Å². The zero-order chi connectivity index (χ0) is 18.9. The molecule has 0 atom stereocenters. The molecule has 2 aromatic rings. The van der Waals surface area contributed by atoms with E-state index in [-0.39, 0.29) is 5.82 Å². The molecule has 1 aliphatic heterocycles. The highest BCUT2D eigenvalue weighted by Gasteiger charge is 2.16. The molecule has 142 valence electrons. The van der Waals surface area contributed by atoms with Gasteiger partial charge < -0.3 is 16.4 Å². The van der Waals surface area contributed by atoms with Gasteiger partial charge in [0.1, 0.15) is 5.82 Å². The molecule has 0 aliphatic carbocycles.